The maximum Gasteiger partial charge on any atom is 0.332 e. The first-order valence-corrected chi connectivity index (χ1v) is 10.7. The Bertz CT molecular complexity index is 1300. The molecule has 4 rings (SSSR count). The fourth-order valence-electron chi connectivity index (χ4n) is 4.00. The minimum absolute atomic E-state index is 0.0997. The number of imidazole rings is 1. The van der Waals surface area contributed by atoms with Crippen LogP contribution < -0.4 is 26.0 Å². The van der Waals surface area contributed by atoms with Crippen LogP contribution in [0.3, 0.4) is 0 Å². The Morgan fingerprint density at radius 1 is 1.28 bits per heavy atom. The van der Waals surface area contributed by atoms with E-state index in [4.69, 9.17) is 9.47 Å². The summed E-state index contributed by atoms with van der Waals surface area (Å²) in [6.07, 6.45) is 3.17. The molecule has 10 heteroatoms. The lowest BCUT2D eigenvalue weighted by Crippen LogP contribution is -2.37. The van der Waals surface area contributed by atoms with E-state index in [9.17, 15) is 14.4 Å². The van der Waals surface area contributed by atoms with E-state index < -0.39 is 11.2 Å². The molecule has 0 saturated heterocycles. The number of benzene rings is 1. The lowest BCUT2D eigenvalue weighted by molar-refractivity contribution is -0.116. The molecule has 0 saturated carbocycles. The molecule has 10 nitrogen and oxygen atoms in total. The summed E-state index contributed by atoms with van der Waals surface area (Å²) in [6, 6.07) is 3.74. The van der Waals surface area contributed by atoms with Crippen molar-refractivity contribution in [3.8, 4) is 11.5 Å². The molecule has 32 heavy (non-hydrogen) atoms. The van der Waals surface area contributed by atoms with Gasteiger partial charge in [0, 0.05) is 45.1 Å². The highest BCUT2D eigenvalue weighted by molar-refractivity contribution is 5.92. The summed E-state index contributed by atoms with van der Waals surface area (Å²) in [5.74, 6) is 1.23. The van der Waals surface area contributed by atoms with Crippen LogP contribution in [-0.4, -0.2) is 37.3 Å². The van der Waals surface area contributed by atoms with Crippen molar-refractivity contribution in [3.63, 3.8) is 0 Å². The predicted molar refractivity (Wildman–Crippen MR) is 119 cm³/mol. The van der Waals surface area contributed by atoms with Gasteiger partial charge in [-0.2, -0.15) is 0 Å². The monoisotopic (exact) mass is 441 g/mol. The molecule has 1 aliphatic heterocycles. The van der Waals surface area contributed by atoms with E-state index in [1.807, 2.05) is 26.0 Å². The third kappa shape index (κ3) is 3.88. The maximum atomic E-state index is 12.6. The summed E-state index contributed by atoms with van der Waals surface area (Å²) >= 11 is 0. The highest BCUT2D eigenvalue weighted by atomic mass is 16.5. The summed E-state index contributed by atoms with van der Waals surface area (Å²) in [5.41, 5.74) is 1.50. The van der Waals surface area contributed by atoms with Crippen molar-refractivity contribution in [1.82, 2.24) is 18.7 Å². The van der Waals surface area contributed by atoms with Crippen molar-refractivity contribution in [2.24, 2.45) is 14.1 Å². The minimum Gasteiger partial charge on any atom is -0.492 e. The first kappa shape index (κ1) is 21.7. The van der Waals surface area contributed by atoms with Crippen LogP contribution in [-0.2, 0) is 31.9 Å². The normalized spacial score (nSPS) is 14.9. The number of anilines is 1. The van der Waals surface area contributed by atoms with Gasteiger partial charge in [-0.1, -0.05) is 0 Å². The second-order valence-electron chi connectivity index (χ2n) is 7.99. The van der Waals surface area contributed by atoms with Gasteiger partial charge in [-0.15, -0.1) is 0 Å². The number of nitrogens with one attached hydrogen (secondary N) is 1. The second-order valence-corrected chi connectivity index (χ2v) is 7.99. The molecule has 0 aliphatic carbocycles. The van der Waals surface area contributed by atoms with Gasteiger partial charge in [0.1, 0.15) is 17.6 Å². The Hall–Kier alpha value is -3.56. The molecule has 3 aromatic rings. The Balaban J connectivity index is 1.45. The maximum absolute atomic E-state index is 12.6. The van der Waals surface area contributed by atoms with Crippen LogP contribution in [0.15, 0.2) is 28.0 Å². The molecule has 170 valence electrons. The van der Waals surface area contributed by atoms with Crippen LogP contribution in [0.2, 0.25) is 0 Å². The molecule has 0 fully saturated rings. The summed E-state index contributed by atoms with van der Waals surface area (Å²) in [5, 5.41) is 2.91. The van der Waals surface area contributed by atoms with E-state index in [-0.39, 0.29) is 18.4 Å². The second kappa shape index (κ2) is 8.52. The molecular weight excluding hydrogens is 414 g/mol. The minimum atomic E-state index is -0.426. The molecule has 1 atom stereocenters. The smallest absolute Gasteiger partial charge is 0.332 e. The molecule has 0 spiro atoms. The zero-order valence-electron chi connectivity index (χ0n) is 18.7. The third-order valence-corrected chi connectivity index (χ3v) is 5.59. The van der Waals surface area contributed by atoms with Crippen molar-refractivity contribution in [1.29, 1.82) is 0 Å². The average Bonchev–Trinajstić information content (AvgIpc) is 3.33. The van der Waals surface area contributed by atoms with Gasteiger partial charge in [0.05, 0.1) is 18.6 Å². The Labute approximate surface area is 184 Å². The van der Waals surface area contributed by atoms with E-state index >= 15 is 0 Å². The van der Waals surface area contributed by atoms with Gasteiger partial charge in [-0.25, -0.2) is 9.78 Å². The first-order chi connectivity index (χ1) is 15.3. The van der Waals surface area contributed by atoms with Crippen molar-refractivity contribution in [2.45, 2.75) is 45.8 Å². The summed E-state index contributed by atoms with van der Waals surface area (Å²) in [4.78, 5) is 41.4. The lowest BCUT2D eigenvalue weighted by Gasteiger charge is -2.13. The van der Waals surface area contributed by atoms with Crippen LogP contribution >= 0.6 is 0 Å². The highest BCUT2D eigenvalue weighted by Gasteiger charge is 2.22. The van der Waals surface area contributed by atoms with E-state index in [0.717, 1.165) is 22.3 Å². The van der Waals surface area contributed by atoms with Crippen molar-refractivity contribution >= 4 is 22.8 Å². The van der Waals surface area contributed by atoms with Crippen molar-refractivity contribution < 1.29 is 14.3 Å². The molecule has 2 aromatic heterocycles. The van der Waals surface area contributed by atoms with Gasteiger partial charge in [0.2, 0.25) is 5.91 Å². The average molecular weight is 441 g/mol. The van der Waals surface area contributed by atoms with Gasteiger partial charge >= 0.3 is 5.69 Å². The van der Waals surface area contributed by atoms with Gasteiger partial charge in [-0.3, -0.25) is 18.7 Å². The van der Waals surface area contributed by atoms with Crippen molar-refractivity contribution in [3.05, 3.63) is 44.9 Å². The van der Waals surface area contributed by atoms with Gasteiger partial charge < -0.3 is 19.4 Å². The molecule has 1 aromatic carbocycles. The number of nitrogens with zero attached hydrogens (tertiary/aromatic N) is 4. The number of carbonyl (C=O) groups excluding carboxylic acids is 1. The molecule has 0 radical (unpaired) electrons. The van der Waals surface area contributed by atoms with Crippen molar-refractivity contribution in [2.75, 3.05) is 11.9 Å². The number of rotatable bonds is 7. The lowest BCUT2D eigenvalue weighted by atomic mass is 10.1. The fraction of sp³-hybridized carbons (Fsp3) is 0.455. The van der Waals surface area contributed by atoms with Gasteiger partial charge in [-0.05, 0) is 26.3 Å². The zero-order chi connectivity index (χ0) is 23.0. The molecule has 1 amide bonds. The molecule has 1 N–H and O–H groups in total. The van der Waals surface area contributed by atoms with Crippen LogP contribution in [0.1, 0.15) is 32.3 Å². The number of aryl methyl sites for hydroxylation is 2. The number of amides is 1. The Morgan fingerprint density at radius 3 is 2.81 bits per heavy atom. The highest BCUT2D eigenvalue weighted by Crippen LogP contribution is 2.38. The summed E-state index contributed by atoms with van der Waals surface area (Å²) < 4.78 is 15.6. The molecular formula is C22H27N5O5. The molecule has 1 aliphatic rings. The standard InChI is InChI=1S/C22H27N5O5/c1-5-31-17-10-14-9-13(2)32-16(14)11-15(17)24-18(28)7-6-8-27-12-23-20-19(27)21(29)26(4)22(30)25(20)3/h10-13H,5-9H2,1-4H3,(H,24,28)/t13-/m0/s1. The van der Waals surface area contributed by atoms with Crippen LogP contribution in [0.4, 0.5) is 5.69 Å². The van der Waals surface area contributed by atoms with E-state index in [2.05, 4.69) is 10.3 Å². The molecule has 0 bridgehead atoms. The Kier molecular flexibility index (Phi) is 5.77. The molecule has 3 heterocycles. The number of aromatic nitrogens is 4. The Morgan fingerprint density at radius 2 is 2.06 bits per heavy atom. The molecule has 0 unspecified atom stereocenters. The quantitative estimate of drug-likeness (QED) is 0.596. The van der Waals surface area contributed by atoms with E-state index in [1.54, 1.807) is 11.6 Å². The number of hydrogen-bond donors (Lipinski definition) is 1. The third-order valence-electron chi connectivity index (χ3n) is 5.59. The number of fused-ring (bicyclic) bond motifs is 2. The SMILES string of the molecule is CCOc1cc2c(cc1NC(=O)CCCn1cnc3c1c(=O)n(C)c(=O)n3C)O[C@@H](C)C2. The van der Waals surface area contributed by atoms with Crippen LogP contribution in [0.25, 0.3) is 11.2 Å². The topological polar surface area (TPSA) is 109 Å². The first-order valence-electron chi connectivity index (χ1n) is 10.7. The fourth-order valence-corrected chi connectivity index (χ4v) is 4.00. The summed E-state index contributed by atoms with van der Waals surface area (Å²) in [6.45, 7) is 4.81. The van der Waals surface area contributed by atoms with Crippen LogP contribution in [0, 0.1) is 0 Å². The summed E-state index contributed by atoms with van der Waals surface area (Å²) in [7, 11) is 3.01. The van der Waals surface area contributed by atoms with Gasteiger partial charge in [0.25, 0.3) is 5.56 Å². The van der Waals surface area contributed by atoms with Gasteiger partial charge in [0.15, 0.2) is 11.2 Å². The van der Waals surface area contributed by atoms with E-state index in [1.165, 1.54) is 17.9 Å². The number of hydrogen-bond acceptors (Lipinski definition) is 6. The number of ether oxygens (including phenoxy) is 2. The largest absolute Gasteiger partial charge is 0.492 e. The van der Waals surface area contributed by atoms with E-state index in [0.29, 0.717) is 42.2 Å². The zero-order valence-corrected chi connectivity index (χ0v) is 18.7. The predicted octanol–water partition coefficient (Wildman–Crippen LogP) is 1.57. The van der Waals surface area contributed by atoms with Crippen LogP contribution in [0.5, 0.6) is 11.5 Å². The number of carbonyl (C=O) groups is 1.